The molecule has 1 unspecified atom stereocenters. The van der Waals surface area contributed by atoms with E-state index in [4.69, 9.17) is 21.4 Å². The molecule has 0 aliphatic carbocycles. The molecular weight excluding hydrogens is 267 g/mol. The van der Waals surface area contributed by atoms with Gasteiger partial charge in [0.2, 0.25) is 0 Å². The van der Waals surface area contributed by atoms with Crippen LogP contribution in [0, 0.1) is 11.2 Å². The molecule has 0 aliphatic heterocycles. The number of nitrogens with one attached hydrogen (secondary N) is 1. The van der Waals surface area contributed by atoms with E-state index in [0.717, 1.165) is 11.8 Å². The van der Waals surface area contributed by atoms with Crippen molar-refractivity contribution in [3.05, 3.63) is 29.6 Å². The second-order valence-corrected chi connectivity index (χ2v) is 4.24. The van der Waals surface area contributed by atoms with Crippen molar-refractivity contribution in [1.29, 1.82) is 5.41 Å². The summed E-state index contributed by atoms with van der Waals surface area (Å²) in [5.41, 5.74) is 5.31. The van der Waals surface area contributed by atoms with Gasteiger partial charge in [0, 0.05) is 10.6 Å². The van der Waals surface area contributed by atoms with E-state index < -0.39 is 11.9 Å². The quantitative estimate of drug-likeness (QED) is 0.368. The monoisotopic (exact) mass is 280 g/mol. The van der Waals surface area contributed by atoms with Crippen molar-refractivity contribution in [3.63, 3.8) is 0 Å². The minimum Gasteiger partial charge on any atom is -0.394 e. The lowest BCUT2D eigenvalue weighted by atomic mass is 10.2. The molecule has 0 spiro atoms. The van der Waals surface area contributed by atoms with Crippen molar-refractivity contribution in [2.75, 3.05) is 12.4 Å². The van der Waals surface area contributed by atoms with Crippen LogP contribution in [0.25, 0.3) is 0 Å². The smallest absolute Gasteiger partial charge is 0.135 e. The summed E-state index contributed by atoms with van der Waals surface area (Å²) in [6, 6.07) is 4.35. The molecule has 1 rings (SSSR count). The molecule has 17 heavy (non-hydrogen) atoms. The molecule has 0 saturated heterocycles. The third-order valence-corrected chi connectivity index (χ3v) is 3.09. The van der Waals surface area contributed by atoms with Gasteiger partial charge in [0.05, 0.1) is 18.3 Å². The maximum Gasteiger partial charge on any atom is 0.135 e. The van der Waals surface area contributed by atoms with Gasteiger partial charge in [0.25, 0.3) is 0 Å². The third kappa shape index (κ3) is 4.51. The van der Waals surface area contributed by atoms with Gasteiger partial charge in [-0.3, -0.25) is 5.41 Å². The van der Waals surface area contributed by atoms with Crippen LogP contribution in [0.15, 0.2) is 23.1 Å². The Kier molecular flexibility index (Phi) is 7.13. The maximum atomic E-state index is 13.4. The number of thioether (sulfide) groups is 1. The molecule has 0 amide bonds. The predicted molar refractivity (Wildman–Crippen MR) is 68.5 cm³/mol. The van der Waals surface area contributed by atoms with Crippen LogP contribution in [0.2, 0.25) is 0 Å². The first-order valence-electron chi connectivity index (χ1n) is 4.61. The molecule has 96 valence electrons. The number of aliphatic hydroxyl groups excluding tert-OH is 2. The van der Waals surface area contributed by atoms with Crippen LogP contribution in [0.4, 0.5) is 4.39 Å². The Balaban J connectivity index is 0.00000256. The highest BCUT2D eigenvalue weighted by Crippen LogP contribution is 2.25. The summed E-state index contributed by atoms with van der Waals surface area (Å²) in [6.45, 7) is -0.349. The van der Waals surface area contributed by atoms with Gasteiger partial charge in [-0.15, -0.1) is 24.2 Å². The topological polar surface area (TPSA) is 90.3 Å². The van der Waals surface area contributed by atoms with Crippen molar-refractivity contribution in [2.45, 2.75) is 11.0 Å². The molecule has 0 aromatic heterocycles. The van der Waals surface area contributed by atoms with Crippen LogP contribution in [-0.4, -0.2) is 34.5 Å². The first-order valence-corrected chi connectivity index (χ1v) is 5.59. The number of halogens is 2. The van der Waals surface area contributed by atoms with Gasteiger partial charge < -0.3 is 15.9 Å². The largest absolute Gasteiger partial charge is 0.394 e. The van der Waals surface area contributed by atoms with Crippen LogP contribution >= 0.6 is 24.2 Å². The molecule has 0 bridgehead atoms. The van der Waals surface area contributed by atoms with Crippen LogP contribution < -0.4 is 5.73 Å². The van der Waals surface area contributed by atoms with Gasteiger partial charge >= 0.3 is 0 Å². The third-order valence-electron chi connectivity index (χ3n) is 1.89. The van der Waals surface area contributed by atoms with E-state index in [1.54, 1.807) is 6.07 Å². The molecular formula is C10H14ClFN2O2S. The summed E-state index contributed by atoms with van der Waals surface area (Å²) >= 11 is 1.15. The zero-order valence-corrected chi connectivity index (χ0v) is 10.5. The predicted octanol–water partition coefficient (Wildman–Crippen LogP) is 0.977. The fraction of sp³-hybridized carbons (Fsp3) is 0.300. The minimum atomic E-state index is -0.868. The number of amidine groups is 1. The average molecular weight is 281 g/mol. The van der Waals surface area contributed by atoms with Gasteiger partial charge in [-0.25, -0.2) is 4.39 Å². The maximum absolute atomic E-state index is 13.4. The average Bonchev–Trinajstić information content (AvgIpc) is 2.25. The summed E-state index contributed by atoms with van der Waals surface area (Å²) in [5.74, 6) is -0.685. The number of hydrogen-bond acceptors (Lipinski definition) is 4. The van der Waals surface area contributed by atoms with Gasteiger partial charge in [0.1, 0.15) is 11.7 Å². The van der Waals surface area contributed by atoms with Crippen molar-refractivity contribution in [2.24, 2.45) is 5.73 Å². The van der Waals surface area contributed by atoms with Gasteiger partial charge in [-0.2, -0.15) is 0 Å². The van der Waals surface area contributed by atoms with E-state index in [1.165, 1.54) is 12.1 Å². The molecule has 4 nitrogen and oxygen atoms in total. The number of nitrogen functional groups attached to an aromatic ring is 1. The fourth-order valence-corrected chi connectivity index (χ4v) is 2.13. The summed E-state index contributed by atoms with van der Waals surface area (Å²) in [7, 11) is 0. The number of rotatable bonds is 5. The first kappa shape index (κ1) is 16.2. The number of benzene rings is 1. The molecule has 1 aromatic carbocycles. The van der Waals surface area contributed by atoms with Gasteiger partial charge in [-0.1, -0.05) is 6.07 Å². The molecule has 1 atom stereocenters. The molecule has 1 aromatic rings. The zero-order chi connectivity index (χ0) is 12.1. The molecule has 5 N–H and O–H groups in total. The van der Waals surface area contributed by atoms with E-state index in [9.17, 15) is 4.39 Å². The Morgan fingerprint density at radius 1 is 1.53 bits per heavy atom. The number of aliphatic hydroxyl groups is 2. The highest BCUT2D eigenvalue weighted by molar-refractivity contribution is 7.99. The normalized spacial score (nSPS) is 11.7. The molecule has 0 saturated carbocycles. The highest BCUT2D eigenvalue weighted by atomic mass is 35.5. The van der Waals surface area contributed by atoms with E-state index in [-0.39, 0.29) is 36.2 Å². The van der Waals surface area contributed by atoms with Crippen molar-refractivity contribution >= 4 is 30.0 Å². The van der Waals surface area contributed by atoms with E-state index in [1.807, 2.05) is 0 Å². The Hall–Kier alpha value is -0.820. The number of nitrogens with two attached hydrogens (primary N) is 1. The Bertz CT molecular complexity index is 393. The molecule has 7 heteroatoms. The Labute approximate surface area is 109 Å². The Morgan fingerprint density at radius 3 is 2.71 bits per heavy atom. The summed E-state index contributed by atoms with van der Waals surface area (Å²) in [4.78, 5) is 0.486. The summed E-state index contributed by atoms with van der Waals surface area (Å²) in [5, 5.41) is 25.1. The lowest BCUT2D eigenvalue weighted by Crippen LogP contribution is -2.17. The molecule has 0 heterocycles. The van der Waals surface area contributed by atoms with Crippen molar-refractivity contribution < 1.29 is 14.6 Å². The van der Waals surface area contributed by atoms with E-state index in [2.05, 4.69) is 0 Å². The first-order chi connectivity index (χ1) is 7.56. The molecule has 0 fully saturated rings. The standard InChI is InChI=1S/C10H13FN2O2S.ClH/c11-7-2-1-3-8(9(7)10(12)13)16-5-6(15)4-14;/h1-3,6,14-15H,4-5H2,(H3,12,13);1H. The lowest BCUT2D eigenvalue weighted by molar-refractivity contribution is 0.113. The number of hydrogen-bond donors (Lipinski definition) is 4. The molecule has 0 radical (unpaired) electrons. The minimum absolute atomic E-state index is 0. The van der Waals surface area contributed by atoms with Crippen LogP contribution in [0.3, 0.4) is 0 Å². The fourth-order valence-electron chi connectivity index (χ4n) is 1.12. The molecule has 0 aliphatic rings. The Morgan fingerprint density at radius 2 is 2.18 bits per heavy atom. The SMILES string of the molecule is Cl.N=C(N)c1c(F)cccc1SCC(O)CO. The van der Waals surface area contributed by atoms with E-state index in [0.29, 0.717) is 4.90 Å². The van der Waals surface area contributed by atoms with Gasteiger partial charge in [-0.05, 0) is 12.1 Å². The highest BCUT2D eigenvalue weighted by Gasteiger charge is 2.12. The van der Waals surface area contributed by atoms with Crippen molar-refractivity contribution in [1.82, 2.24) is 0 Å². The van der Waals surface area contributed by atoms with Crippen LogP contribution in [0.1, 0.15) is 5.56 Å². The van der Waals surface area contributed by atoms with Crippen LogP contribution in [0.5, 0.6) is 0 Å². The van der Waals surface area contributed by atoms with E-state index >= 15 is 0 Å². The van der Waals surface area contributed by atoms with Crippen LogP contribution in [-0.2, 0) is 0 Å². The summed E-state index contributed by atoms with van der Waals surface area (Å²) in [6.07, 6.45) is -0.868. The summed E-state index contributed by atoms with van der Waals surface area (Å²) < 4.78 is 13.4. The van der Waals surface area contributed by atoms with Gasteiger partial charge in [0.15, 0.2) is 0 Å². The second kappa shape index (κ2) is 7.50. The van der Waals surface area contributed by atoms with Crippen molar-refractivity contribution in [3.8, 4) is 0 Å². The lowest BCUT2D eigenvalue weighted by Gasteiger charge is -2.10. The second-order valence-electron chi connectivity index (χ2n) is 3.17. The zero-order valence-electron chi connectivity index (χ0n) is 8.89.